The Balaban J connectivity index is 2.65. The van der Waals surface area contributed by atoms with Crippen molar-refractivity contribution in [2.24, 2.45) is 11.3 Å². The van der Waals surface area contributed by atoms with E-state index < -0.39 is 0 Å². The van der Waals surface area contributed by atoms with Crippen LogP contribution in [0.5, 0.6) is 0 Å². The first-order valence-electron chi connectivity index (χ1n) is 5.25. The second kappa shape index (κ2) is 3.83. The monoisotopic (exact) mass is 182 g/mol. The molecule has 1 fully saturated rings. The van der Waals surface area contributed by atoms with Crippen LogP contribution in [0, 0.1) is 11.3 Å². The Morgan fingerprint density at radius 1 is 1.31 bits per heavy atom. The Hall–Kier alpha value is -0.300. The molecule has 0 aromatic carbocycles. The van der Waals surface area contributed by atoms with E-state index in [1.165, 1.54) is 12.0 Å². The Bertz CT molecular complexity index is 186. The molecule has 0 aliphatic heterocycles. The molecule has 0 aromatic heterocycles. The van der Waals surface area contributed by atoms with Gasteiger partial charge in [-0.15, -0.1) is 0 Å². The molecule has 0 bridgehead atoms. The smallest absolute Gasteiger partial charge is 0.0580 e. The van der Waals surface area contributed by atoms with Gasteiger partial charge in [0.25, 0.3) is 0 Å². The summed E-state index contributed by atoms with van der Waals surface area (Å²) in [5.74, 6) is 0.650. The highest BCUT2D eigenvalue weighted by atomic mass is 16.3. The molecule has 2 atom stereocenters. The molecule has 13 heavy (non-hydrogen) atoms. The molecule has 1 saturated carbocycles. The normalized spacial score (nSPS) is 33.8. The van der Waals surface area contributed by atoms with E-state index in [0.717, 1.165) is 12.8 Å². The Morgan fingerprint density at radius 2 is 1.92 bits per heavy atom. The minimum atomic E-state index is -0.0997. The first-order chi connectivity index (χ1) is 5.87. The van der Waals surface area contributed by atoms with Gasteiger partial charge < -0.3 is 5.11 Å². The van der Waals surface area contributed by atoms with Gasteiger partial charge >= 0.3 is 0 Å². The molecule has 1 aliphatic rings. The van der Waals surface area contributed by atoms with Gasteiger partial charge in [0.2, 0.25) is 0 Å². The maximum absolute atomic E-state index is 9.61. The fraction of sp³-hybridized carbons (Fsp3) is 0.833. The van der Waals surface area contributed by atoms with Crippen molar-refractivity contribution in [2.45, 2.75) is 53.1 Å². The summed E-state index contributed by atoms with van der Waals surface area (Å²) < 4.78 is 0. The zero-order chi connectivity index (χ0) is 10.1. The van der Waals surface area contributed by atoms with Gasteiger partial charge in [-0.25, -0.2) is 0 Å². The molecule has 0 saturated heterocycles. The van der Waals surface area contributed by atoms with Crippen LogP contribution in [0.15, 0.2) is 11.6 Å². The lowest BCUT2D eigenvalue weighted by Crippen LogP contribution is -2.20. The zero-order valence-corrected chi connectivity index (χ0v) is 9.30. The molecule has 1 aliphatic carbocycles. The standard InChI is InChI=1S/C12H22O/c1-9-5-10(7-11(13)6-9)8-12(2,3)4/h8-9,11,13H,5-7H2,1-4H3/b10-8+/t9-,11+/m1/s1. The SMILES string of the molecule is C[C@@H]1C/C(=C\C(C)(C)C)C[C@@H](O)C1. The average Bonchev–Trinajstić information content (AvgIpc) is 1.78. The number of hydrogen-bond acceptors (Lipinski definition) is 1. The quantitative estimate of drug-likeness (QED) is 0.571. The minimum absolute atomic E-state index is 0.0997. The largest absolute Gasteiger partial charge is 0.393 e. The lowest BCUT2D eigenvalue weighted by atomic mass is 9.81. The van der Waals surface area contributed by atoms with E-state index in [1.807, 2.05) is 0 Å². The number of rotatable bonds is 0. The number of aliphatic hydroxyl groups is 1. The number of allylic oxidation sites excluding steroid dienone is 1. The molecular formula is C12H22O. The van der Waals surface area contributed by atoms with Crippen molar-refractivity contribution in [3.05, 3.63) is 11.6 Å². The number of aliphatic hydroxyl groups excluding tert-OH is 1. The molecule has 76 valence electrons. The van der Waals surface area contributed by atoms with Gasteiger partial charge in [0.15, 0.2) is 0 Å². The third-order valence-electron chi connectivity index (χ3n) is 2.42. The summed E-state index contributed by atoms with van der Waals surface area (Å²) in [6.45, 7) is 8.86. The van der Waals surface area contributed by atoms with E-state index in [2.05, 4.69) is 33.8 Å². The van der Waals surface area contributed by atoms with E-state index in [4.69, 9.17) is 0 Å². The molecule has 0 radical (unpaired) electrons. The predicted octanol–water partition coefficient (Wildman–Crippen LogP) is 3.14. The highest BCUT2D eigenvalue weighted by Gasteiger charge is 2.21. The predicted molar refractivity (Wildman–Crippen MR) is 56.6 cm³/mol. The van der Waals surface area contributed by atoms with Gasteiger partial charge in [-0.1, -0.05) is 39.3 Å². The van der Waals surface area contributed by atoms with Crippen LogP contribution >= 0.6 is 0 Å². The third kappa shape index (κ3) is 3.95. The molecule has 1 rings (SSSR count). The second-order valence-corrected chi connectivity index (χ2v) is 5.57. The fourth-order valence-corrected chi connectivity index (χ4v) is 2.19. The Kier molecular flexibility index (Phi) is 3.18. The minimum Gasteiger partial charge on any atom is -0.393 e. The highest BCUT2D eigenvalue weighted by Crippen LogP contribution is 2.31. The van der Waals surface area contributed by atoms with Gasteiger partial charge in [0.05, 0.1) is 6.10 Å². The van der Waals surface area contributed by atoms with Crippen molar-refractivity contribution in [1.29, 1.82) is 0 Å². The van der Waals surface area contributed by atoms with Crippen LogP contribution in [0.3, 0.4) is 0 Å². The topological polar surface area (TPSA) is 20.2 Å². The molecule has 0 aromatic rings. The van der Waals surface area contributed by atoms with Crippen molar-refractivity contribution in [3.8, 4) is 0 Å². The van der Waals surface area contributed by atoms with Crippen LogP contribution < -0.4 is 0 Å². The molecule has 0 spiro atoms. The maximum Gasteiger partial charge on any atom is 0.0580 e. The molecular weight excluding hydrogens is 160 g/mol. The first-order valence-corrected chi connectivity index (χ1v) is 5.25. The van der Waals surface area contributed by atoms with Crippen LogP contribution in [-0.4, -0.2) is 11.2 Å². The summed E-state index contributed by atoms with van der Waals surface area (Å²) in [5.41, 5.74) is 1.70. The van der Waals surface area contributed by atoms with Gasteiger partial charge in [0, 0.05) is 0 Å². The molecule has 0 amide bonds. The third-order valence-corrected chi connectivity index (χ3v) is 2.42. The molecule has 0 unspecified atom stereocenters. The van der Waals surface area contributed by atoms with Crippen LogP contribution in [0.1, 0.15) is 47.0 Å². The summed E-state index contributed by atoms with van der Waals surface area (Å²) in [6.07, 6.45) is 5.26. The van der Waals surface area contributed by atoms with Crippen molar-refractivity contribution < 1.29 is 5.11 Å². The first kappa shape index (κ1) is 10.8. The van der Waals surface area contributed by atoms with Crippen LogP contribution in [0.25, 0.3) is 0 Å². The van der Waals surface area contributed by atoms with Crippen LogP contribution in [0.2, 0.25) is 0 Å². The van der Waals surface area contributed by atoms with Crippen molar-refractivity contribution in [3.63, 3.8) is 0 Å². The van der Waals surface area contributed by atoms with Crippen molar-refractivity contribution in [2.75, 3.05) is 0 Å². The maximum atomic E-state index is 9.61. The fourth-order valence-electron chi connectivity index (χ4n) is 2.19. The van der Waals surface area contributed by atoms with E-state index in [9.17, 15) is 5.11 Å². The molecule has 1 N–H and O–H groups in total. The molecule has 1 heteroatoms. The van der Waals surface area contributed by atoms with E-state index in [1.54, 1.807) is 0 Å². The average molecular weight is 182 g/mol. The lowest BCUT2D eigenvalue weighted by molar-refractivity contribution is 0.127. The zero-order valence-electron chi connectivity index (χ0n) is 9.30. The summed E-state index contributed by atoms with van der Waals surface area (Å²) >= 11 is 0. The second-order valence-electron chi connectivity index (χ2n) is 5.57. The Labute approximate surface area is 81.9 Å². The van der Waals surface area contributed by atoms with E-state index in [0.29, 0.717) is 5.92 Å². The highest BCUT2D eigenvalue weighted by molar-refractivity contribution is 5.11. The summed E-state index contributed by atoms with van der Waals surface area (Å²) in [4.78, 5) is 0. The molecule has 1 nitrogen and oxygen atoms in total. The van der Waals surface area contributed by atoms with Crippen molar-refractivity contribution in [1.82, 2.24) is 0 Å². The summed E-state index contributed by atoms with van der Waals surface area (Å²) in [5, 5.41) is 9.61. The van der Waals surface area contributed by atoms with Gasteiger partial charge in [0.1, 0.15) is 0 Å². The molecule has 0 heterocycles. The van der Waals surface area contributed by atoms with Gasteiger partial charge in [-0.3, -0.25) is 0 Å². The Morgan fingerprint density at radius 3 is 2.38 bits per heavy atom. The lowest BCUT2D eigenvalue weighted by Gasteiger charge is -2.27. The van der Waals surface area contributed by atoms with Crippen molar-refractivity contribution >= 4 is 0 Å². The van der Waals surface area contributed by atoms with Gasteiger partial charge in [-0.05, 0) is 30.6 Å². The van der Waals surface area contributed by atoms with Crippen LogP contribution in [0.4, 0.5) is 0 Å². The van der Waals surface area contributed by atoms with E-state index >= 15 is 0 Å². The summed E-state index contributed by atoms with van der Waals surface area (Å²) in [7, 11) is 0. The summed E-state index contributed by atoms with van der Waals surface area (Å²) in [6, 6.07) is 0. The van der Waals surface area contributed by atoms with Crippen LogP contribution in [-0.2, 0) is 0 Å². The number of hydrogen-bond donors (Lipinski definition) is 1. The van der Waals surface area contributed by atoms with Gasteiger partial charge in [-0.2, -0.15) is 0 Å². The van der Waals surface area contributed by atoms with E-state index in [-0.39, 0.29) is 11.5 Å².